The van der Waals surface area contributed by atoms with Crippen molar-refractivity contribution in [2.75, 3.05) is 6.61 Å². The highest BCUT2D eigenvalue weighted by Gasteiger charge is 2.23. The lowest BCUT2D eigenvalue weighted by atomic mass is 10.0. The first-order chi connectivity index (χ1) is 9.40. The Bertz CT molecular complexity index is 787. The van der Waals surface area contributed by atoms with Gasteiger partial charge in [-0.05, 0) is 35.1 Å². The molecule has 4 rings (SSSR count). The summed E-state index contributed by atoms with van der Waals surface area (Å²) in [5.41, 5.74) is 5.18. The molecular formula is C18H14O. The van der Waals surface area contributed by atoms with Crippen LogP contribution in [0.1, 0.15) is 6.92 Å². The molecule has 0 radical (unpaired) electrons. The van der Waals surface area contributed by atoms with Gasteiger partial charge in [-0.1, -0.05) is 48.5 Å². The molecule has 0 saturated carbocycles. The van der Waals surface area contributed by atoms with Crippen LogP contribution in [0, 0.1) is 0 Å². The second-order valence-electron chi connectivity index (χ2n) is 4.82. The maximum Gasteiger partial charge on any atom is 0.127 e. The monoisotopic (exact) mass is 246 g/mol. The average Bonchev–Trinajstić information content (AvgIpc) is 2.80. The Hall–Kier alpha value is -2.28. The number of hydrogen-bond donors (Lipinski definition) is 0. The number of rotatable bonds is 2. The zero-order valence-electron chi connectivity index (χ0n) is 10.8. The van der Waals surface area contributed by atoms with Crippen molar-refractivity contribution in [3.63, 3.8) is 0 Å². The van der Waals surface area contributed by atoms with Gasteiger partial charge in [-0.15, -0.1) is 0 Å². The largest absolute Gasteiger partial charge is 0.493 e. The van der Waals surface area contributed by atoms with Gasteiger partial charge < -0.3 is 4.74 Å². The predicted octanol–water partition coefficient (Wildman–Crippen LogP) is 4.89. The first kappa shape index (κ1) is 10.6. The molecule has 0 aromatic heterocycles. The van der Waals surface area contributed by atoms with Crippen molar-refractivity contribution in [1.29, 1.82) is 0 Å². The maximum atomic E-state index is 5.83. The Morgan fingerprint density at radius 3 is 2.42 bits per heavy atom. The van der Waals surface area contributed by atoms with E-state index in [2.05, 4.69) is 54.6 Å². The van der Waals surface area contributed by atoms with Gasteiger partial charge in [0.1, 0.15) is 5.75 Å². The summed E-state index contributed by atoms with van der Waals surface area (Å²) in [6, 6.07) is 19.3. The lowest BCUT2D eigenvalue weighted by Crippen LogP contribution is -1.93. The number of benzene rings is 3. The lowest BCUT2D eigenvalue weighted by Gasteiger charge is -2.10. The summed E-state index contributed by atoms with van der Waals surface area (Å²) in [6.45, 7) is 2.73. The molecule has 3 aromatic rings. The van der Waals surface area contributed by atoms with Crippen molar-refractivity contribution in [3.8, 4) is 28.0 Å². The molecule has 3 aromatic carbocycles. The zero-order valence-corrected chi connectivity index (χ0v) is 10.8. The molecule has 0 atom stereocenters. The number of hydrogen-bond acceptors (Lipinski definition) is 1. The Kier molecular flexibility index (Phi) is 2.16. The van der Waals surface area contributed by atoms with Gasteiger partial charge in [-0.3, -0.25) is 0 Å². The quantitative estimate of drug-likeness (QED) is 0.489. The number of fused-ring (bicyclic) bond motifs is 3. The van der Waals surface area contributed by atoms with Crippen LogP contribution < -0.4 is 4.74 Å². The van der Waals surface area contributed by atoms with E-state index in [-0.39, 0.29) is 0 Å². The fourth-order valence-electron chi connectivity index (χ4n) is 3.06. The zero-order chi connectivity index (χ0) is 12.8. The highest BCUT2D eigenvalue weighted by molar-refractivity contribution is 6.16. The predicted molar refractivity (Wildman–Crippen MR) is 79.5 cm³/mol. The van der Waals surface area contributed by atoms with Crippen LogP contribution in [0.2, 0.25) is 0 Å². The van der Waals surface area contributed by atoms with Crippen LogP contribution in [0.5, 0.6) is 5.75 Å². The molecule has 0 N–H and O–H groups in total. The normalized spacial score (nSPS) is 11.6. The molecule has 0 bridgehead atoms. The van der Waals surface area contributed by atoms with E-state index in [1.807, 2.05) is 6.92 Å². The van der Waals surface area contributed by atoms with Gasteiger partial charge in [0.2, 0.25) is 0 Å². The minimum absolute atomic E-state index is 0.697. The van der Waals surface area contributed by atoms with E-state index in [0.717, 1.165) is 5.75 Å². The van der Waals surface area contributed by atoms with Crippen LogP contribution in [0.15, 0.2) is 54.6 Å². The molecule has 0 unspecified atom stereocenters. The molecular weight excluding hydrogens is 232 g/mol. The molecule has 1 nitrogen and oxygen atoms in total. The van der Waals surface area contributed by atoms with Gasteiger partial charge in [0.05, 0.1) is 6.61 Å². The highest BCUT2D eigenvalue weighted by atomic mass is 16.5. The minimum atomic E-state index is 0.697. The minimum Gasteiger partial charge on any atom is -0.493 e. The van der Waals surface area contributed by atoms with E-state index >= 15 is 0 Å². The van der Waals surface area contributed by atoms with E-state index in [1.165, 1.54) is 33.0 Å². The first-order valence-electron chi connectivity index (χ1n) is 6.68. The van der Waals surface area contributed by atoms with Crippen molar-refractivity contribution in [3.05, 3.63) is 54.6 Å². The first-order valence-corrected chi connectivity index (χ1v) is 6.68. The summed E-state index contributed by atoms with van der Waals surface area (Å²) in [4.78, 5) is 0. The van der Waals surface area contributed by atoms with Crippen LogP contribution >= 0.6 is 0 Å². The van der Waals surface area contributed by atoms with Gasteiger partial charge in [-0.25, -0.2) is 0 Å². The molecule has 1 aliphatic carbocycles. The third-order valence-electron chi connectivity index (χ3n) is 3.79. The van der Waals surface area contributed by atoms with Crippen LogP contribution in [-0.2, 0) is 0 Å². The summed E-state index contributed by atoms with van der Waals surface area (Å²) < 4.78 is 5.83. The molecule has 1 heteroatoms. The van der Waals surface area contributed by atoms with Gasteiger partial charge in [0, 0.05) is 10.9 Å². The molecule has 0 saturated heterocycles. The summed E-state index contributed by atoms with van der Waals surface area (Å²) >= 11 is 0. The van der Waals surface area contributed by atoms with Crippen LogP contribution in [0.3, 0.4) is 0 Å². The smallest absolute Gasteiger partial charge is 0.127 e. The fourth-order valence-corrected chi connectivity index (χ4v) is 3.06. The third kappa shape index (κ3) is 1.36. The van der Waals surface area contributed by atoms with E-state index in [0.29, 0.717) is 6.61 Å². The molecule has 0 spiro atoms. The van der Waals surface area contributed by atoms with Crippen molar-refractivity contribution in [1.82, 2.24) is 0 Å². The van der Waals surface area contributed by atoms with Crippen LogP contribution in [0.25, 0.3) is 33.0 Å². The summed E-state index contributed by atoms with van der Waals surface area (Å²) in [5.74, 6) is 0.993. The van der Waals surface area contributed by atoms with Crippen LogP contribution in [-0.4, -0.2) is 6.61 Å². The van der Waals surface area contributed by atoms with Gasteiger partial charge in [-0.2, -0.15) is 0 Å². The maximum absolute atomic E-state index is 5.83. The van der Waals surface area contributed by atoms with Crippen molar-refractivity contribution in [2.24, 2.45) is 0 Å². The summed E-state index contributed by atoms with van der Waals surface area (Å²) in [7, 11) is 0. The lowest BCUT2D eigenvalue weighted by molar-refractivity contribution is 0.342. The molecule has 0 amide bonds. The SMILES string of the molecule is CCOc1ccc2cccc3c2c1-c1ccccc1-3. The highest BCUT2D eigenvalue weighted by Crippen LogP contribution is 2.50. The third-order valence-corrected chi connectivity index (χ3v) is 3.79. The van der Waals surface area contributed by atoms with Crippen molar-refractivity contribution >= 4 is 10.8 Å². The van der Waals surface area contributed by atoms with E-state index in [1.54, 1.807) is 0 Å². The van der Waals surface area contributed by atoms with E-state index < -0.39 is 0 Å². The Morgan fingerprint density at radius 2 is 1.58 bits per heavy atom. The van der Waals surface area contributed by atoms with Crippen molar-refractivity contribution in [2.45, 2.75) is 6.92 Å². The molecule has 0 heterocycles. The second-order valence-corrected chi connectivity index (χ2v) is 4.82. The Balaban J connectivity index is 2.18. The standard InChI is InChI=1S/C18H14O/c1-2-19-16-11-10-12-6-5-9-14-13-7-3-4-8-15(13)18(16)17(12)14/h3-11H,2H2,1H3. The molecule has 0 aliphatic heterocycles. The summed E-state index contributed by atoms with van der Waals surface area (Å²) in [6.07, 6.45) is 0. The van der Waals surface area contributed by atoms with Crippen LogP contribution in [0.4, 0.5) is 0 Å². The Labute approximate surface area is 112 Å². The molecule has 1 aliphatic rings. The Morgan fingerprint density at radius 1 is 0.789 bits per heavy atom. The topological polar surface area (TPSA) is 9.23 Å². The van der Waals surface area contributed by atoms with E-state index in [9.17, 15) is 0 Å². The van der Waals surface area contributed by atoms with Crippen molar-refractivity contribution < 1.29 is 4.74 Å². The number of ether oxygens (including phenoxy) is 1. The van der Waals surface area contributed by atoms with Gasteiger partial charge in [0.25, 0.3) is 0 Å². The van der Waals surface area contributed by atoms with E-state index in [4.69, 9.17) is 4.74 Å². The average molecular weight is 246 g/mol. The molecule has 0 fully saturated rings. The van der Waals surface area contributed by atoms with Gasteiger partial charge in [0.15, 0.2) is 0 Å². The molecule has 19 heavy (non-hydrogen) atoms. The fraction of sp³-hybridized carbons (Fsp3) is 0.111. The second kappa shape index (κ2) is 3.86. The van der Waals surface area contributed by atoms with Gasteiger partial charge >= 0.3 is 0 Å². The summed E-state index contributed by atoms with van der Waals surface area (Å²) in [5, 5.41) is 2.61. The molecule has 92 valence electrons.